The highest BCUT2D eigenvalue weighted by atomic mass is 32.1. The lowest BCUT2D eigenvalue weighted by Gasteiger charge is -2.12. The molecule has 0 bridgehead atoms. The normalized spacial score (nSPS) is 22.4. The molecule has 0 amide bonds. The first-order valence-electron chi connectivity index (χ1n) is 5.69. The van der Waals surface area contributed by atoms with Gasteiger partial charge in [0.05, 0.1) is 12.2 Å². The summed E-state index contributed by atoms with van der Waals surface area (Å²) in [5.74, 6) is 0. The van der Waals surface area contributed by atoms with Gasteiger partial charge < -0.3 is 5.73 Å². The highest BCUT2D eigenvalue weighted by Gasteiger charge is 2.19. The third-order valence-electron chi connectivity index (χ3n) is 2.77. The van der Waals surface area contributed by atoms with Crippen LogP contribution in [-0.4, -0.2) is 29.0 Å². The maximum absolute atomic E-state index is 5.87. The smallest absolute Gasteiger partial charge is 0.107 e. The summed E-state index contributed by atoms with van der Waals surface area (Å²) >= 11 is 1.78. The highest BCUT2D eigenvalue weighted by molar-refractivity contribution is 7.09. The number of aryl methyl sites for hydroxylation is 1. The van der Waals surface area contributed by atoms with Crippen molar-refractivity contribution in [1.82, 2.24) is 9.88 Å². The van der Waals surface area contributed by atoms with E-state index in [1.54, 1.807) is 11.3 Å². The van der Waals surface area contributed by atoms with Crippen molar-refractivity contribution in [1.29, 1.82) is 0 Å². The Morgan fingerprint density at radius 3 is 3.20 bits per heavy atom. The van der Waals surface area contributed by atoms with Crippen molar-refractivity contribution in [2.45, 2.75) is 38.8 Å². The number of nitrogens with two attached hydrogens (primary N) is 1. The molecule has 0 saturated carbocycles. The van der Waals surface area contributed by atoms with Gasteiger partial charge in [-0.15, -0.1) is 11.3 Å². The molecule has 15 heavy (non-hydrogen) atoms. The summed E-state index contributed by atoms with van der Waals surface area (Å²) in [6, 6.07) is 0.375. The summed E-state index contributed by atoms with van der Waals surface area (Å²) in [4.78, 5) is 7.03. The van der Waals surface area contributed by atoms with Crippen LogP contribution in [0.4, 0.5) is 0 Å². The highest BCUT2D eigenvalue weighted by Crippen LogP contribution is 2.16. The first-order chi connectivity index (χ1) is 7.28. The molecule has 1 atom stereocenters. The van der Waals surface area contributed by atoms with E-state index in [0.29, 0.717) is 6.04 Å². The molecule has 1 aliphatic rings. The fourth-order valence-corrected chi connectivity index (χ4v) is 2.86. The molecule has 4 heteroatoms. The Balaban J connectivity index is 1.87. The lowest BCUT2D eigenvalue weighted by molar-refractivity contribution is 0.326. The van der Waals surface area contributed by atoms with Gasteiger partial charge in [0.1, 0.15) is 5.01 Å². The topological polar surface area (TPSA) is 42.1 Å². The van der Waals surface area contributed by atoms with E-state index in [1.807, 2.05) is 0 Å². The van der Waals surface area contributed by atoms with Crippen LogP contribution in [-0.2, 0) is 13.0 Å². The third-order valence-corrected chi connectivity index (χ3v) is 3.66. The molecule has 2 heterocycles. The molecule has 0 unspecified atom stereocenters. The monoisotopic (exact) mass is 225 g/mol. The number of aromatic nitrogens is 1. The van der Waals surface area contributed by atoms with Crippen LogP contribution in [0, 0.1) is 0 Å². The van der Waals surface area contributed by atoms with Crippen LogP contribution in [0.5, 0.6) is 0 Å². The lowest BCUT2D eigenvalue weighted by atomic mass is 10.3. The third kappa shape index (κ3) is 3.00. The Labute approximate surface area is 95.3 Å². The van der Waals surface area contributed by atoms with Crippen molar-refractivity contribution in [3.8, 4) is 0 Å². The quantitative estimate of drug-likeness (QED) is 0.847. The maximum Gasteiger partial charge on any atom is 0.107 e. The minimum atomic E-state index is 0.375. The predicted molar refractivity (Wildman–Crippen MR) is 64.0 cm³/mol. The van der Waals surface area contributed by atoms with E-state index < -0.39 is 0 Å². The van der Waals surface area contributed by atoms with Gasteiger partial charge >= 0.3 is 0 Å². The molecule has 1 aliphatic heterocycles. The predicted octanol–water partition coefficient (Wildman–Crippen LogP) is 1.63. The van der Waals surface area contributed by atoms with Crippen LogP contribution < -0.4 is 5.73 Å². The Bertz CT molecular complexity index is 311. The molecule has 0 aromatic carbocycles. The molecule has 0 radical (unpaired) electrons. The molecule has 2 rings (SSSR count). The minimum Gasteiger partial charge on any atom is -0.326 e. The average Bonchev–Trinajstić information content (AvgIpc) is 2.78. The Morgan fingerprint density at radius 1 is 1.67 bits per heavy atom. The number of hydrogen-bond acceptors (Lipinski definition) is 4. The van der Waals surface area contributed by atoms with Gasteiger partial charge in [-0.2, -0.15) is 0 Å². The Hall–Kier alpha value is -0.450. The van der Waals surface area contributed by atoms with E-state index >= 15 is 0 Å². The number of nitrogens with zero attached hydrogens (tertiary/aromatic N) is 2. The van der Waals surface area contributed by atoms with Crippen LogP contribution >= 0.6 is 11.3 Å². The summed E-state index contributed by atoms with van der Waals surface area (Å²) in [5.41, 5.74) is 7.12. The molecule has 1 saturated heterocycles. The summed E-state index contributed by atoms with van der Waals surface area (Å²) in [7, 11) is 0. The van der Waals surface area contributed by atoms with Crippen LogP contribution in [0.15, 0.2) is 5.38 Å². The molecule has 0 aliphatic carbocycles. The zero-order chi connectivity index (χ0) is 10.7. The van der Waals surface area contributed by atoms with Crippen molar-refractivity contribution in [2.24, 2.45) is 5.73 Å². The molecule has 3 nitrogen and oxygen atoms in total. The van der Waals surface area contributed by atoms with Gasteiger partial charge in [0.2, 0.25) is 0 Å². The minimum absolute atomic E-state index is 0.375. The second-order valence-corrected chi connectivity index (χ2v) is 5.21. The van der Waals surface area contributed by atoms with Gasteiger partial charge in [-0.3, -0.25) is 4.90 Å². The van der Waals surface area contributed by atoms with E-state index in [2.05, 4.69) is 22.2 Å². The van der Waals surface area contributed by atoms with E-state index in [9.17, 15) is 0 Å². The molecule has 1 fully saturated rings. The van der Waals surface area contributed by atoms with Crippen LogP contribution in [0.2, 0.25) is 0 Å². The van der Waals surface area contributed by atoms with Crippen LogP contribution in [0.3, 0.4) is 0 Å². The molecule has 1 aromatic heterocycles. The molecule has 2 N–H and O–H groups in total. The molecule has 1 aromatic rings. The van der Waals surface area contributed by atoms with Crippen molar-refractivity contribution in [3.63, 3.8) is 0 Å². The van der Waals surface area contributed by atoms with Crippen molar-refractivity contribution in [3.05, 3.63) is 16.1 Å². The van der Waals surface area contributed by atoms with Gasteiger partial charge in [-0.25, -0.2) is 4.98 Å². The largest absolute Gasteiger partial charge is 0.326 e. The standard InChI is InChI=1S/C11H19N3S/c1-2-3-10-8-15-11(13-10)7-14-5-4-9(12)6-14/h8-9H,2-7,12H2,1H3/t9-/m1/s1. The number of hydrogen-bond donors (Lipinski definition) is 1. The first kappa shape index (κ1) is 11.0. The zero-order valence-corrected chi connectivity index (χ0v) is 10.1. The summed E-state index contributed by atoms with van der Waals surface area (Å²) in [5, 5.41) is 3.43. The number of likely N-dealkylation sites (tertiary alicyclic amines) is 1. The van der Waals surface area contributed by atoms with Crippen molar-refractivity contribution < 1.29 is 0 Å². The van der Waals surface area contributed by atoms with Crippen LogP contribution in [0.25, 0.3) is 0 Å². The number of rotatable bonds is 4. The van der Waals surface area contributed by atoms with Gasteiger partial charge in [0.25, 0.3) is 0 Å². The zero-order valence-electron chi connectivity index (χ0n) is 9.28. The van der Waals surface area contributed by atoms with E-state index in [4.69, 9.17) is 5.73 Å². The molecular formula is C11H19N3S. The molecular weight excluding hydrogens is 206 g/mol. The lowest BCUT2D eigenvalue weighted by Crippen LogP contribution is -2.26. The van der Waals surface area contributed by atoms with Gasteiger partial charge in [0, 0.05) is 24.5 Å². The van der Waals surface area contributed by atoms with Gasteiger partial charge in [-0.05, 0) is 12.8 Å². The van der Waals surface area contributed by atoms with Gasteiger partial charge in [0.15, 0.2) is 0 Å². The Kier molecular flexibility index (Phi) is 3.72. The SMILES string of the molecule is CCCc1csc(CN2CC[C@@H](N)C2)n1. The second kappa shape index (κ2) is 5.05. The summed E-state index contributed by atoms with van der Waals surface area (Å²) < 4.78 is 0. The molecule has 0 spiro atoms. The van der Waals surface area contributed by atoms with Crippen molar-refractivity contribution in [2.75, 3.05) is 13.1 Å². The van der Waals surface area contributed by atoms with E-state index in [0.717, 1.165) is 32.5 Å². The second-order valence-electron chi connectivity index (χ2n) is 4.27. The fraction of sp³-hybridized carbons (Fsp3) is 0.727. The van der Waals surface area contributed by atoms with Crippen LogP contribution in [0.1, 0.15) is 30.5 Å². The maximum atomic E-state index is 5.87. The number of thiazole rings is 1. The van der Waals surface area contributed by atoms with E-state index in [-0.39, 0.29) is 0 Å². The average molecular weight is 225 g/mol. The Morgan fingerprint density at radius 2 is 2.53 bits per heavy atom. The molecule has 84 valence electrons. The summed E-state index contributed by atoms with van der Waals surface area (Å²) in [6.45, 7) is 5.34. The summed E-state index contributed by atoms with van der Waals surface area (Å²) in [6.07, 6.45) is 3.42. The van der Waals surface area contributed by atoms with E-state index in [1.165, 1.54) is 17.1 Å². The first-order valence-corrected chi connectivity index (χ1v) is 6.57. The fourth-order valence-electron chi connectivity index (χ4n) is 1.99. The van der Waals surface area contributed by atoms with Crippen molar-refractivity contribution >= 4 is 11.3 Å². The van der Waals surface area contributed by atoms with Gasteiger partial charge in [-0.1, -0.05) is 13.3 Å².